The Morgan fingerprint density at radius 1 is 1.23 bits per heavy atom. The van der Waals surface area contributed by atoms with Crippen LogP contribution in [0.1, 0.15) is 22.8 Å². The number of carbonyl (C=O) groups is 1. The van der Waals surface area contributed by atoms with Crippen molar-refractivity contribution in [1.82, 2.24) is 20.3 Å². The van der Waals surface area contributed by atoms with Crippen LogP contribution in [0.4, 0.5) is 8.78 Å². The van der Waals surface area contributed by atoms with Gasteiger partial charge in [0.15, 0.2) is 0 Å². The molecule has 0 aliphatic heterocycles. The molecule has 0 radical (unpaired) electrons. The molecule has 0 bridgehead atoms. The summed E-state index contributed by atoms with van der Waals surface area (Å²) in [6.07, 6.45) is 0.578. The molecule has 3 aromatic rings. The lowest BCUT2D eigenvalue weighted by molar-refractivity contribution is -0.0498. The van der Waals surface area contributed by atoms with E-state index in [0.29, 0.717) is 30.6 Å². The van der Waals surface area contributed by atoms with Crippen molar-refractivity contribution in [1.29, 1.82) is 0 Å². The summed E-state index contributed by atoms with van der Waals surface area (Å²) in [5.74, 6) is -0.0863. The van der Waals surface area contributed by atoms with E-state index in [1.165, 1.54) is 12.1 Å². The molecule has 0 aliphatic rings. The van der Waals surface area contributed by atoms with Crippen molar-refractivity contribution in [3.63, 3.8) is 0 Å². The number of benzene rings is 2. The summed E-state index contributed by atoms with van der Waals surface area (Å²) in [5, 5.41) is 10.9. The molecule has 0 fully saturated rings. The van der Waals surface area contributed by atoms with Gasteiger partial charge in [0.25, 0.3) is 5.91 Å². The van der Waals surface area contributed by atoms with Gasteiger partial charge in [-0.05, 0) is 49.2 Å². The molecule has 0 unspecified atom stereocenters. The first-order valence-electron chi connectivity index (χ1n) is 8.22. The third-order valence-corrected chi connectivity index (χ3v) is 3.92. The van der Waals surface area contributed by atoms with E-state index in [1.807, 2.05) is 13.0 Å². The van der Waals surface area contributed by atoms with Crippen molar-refractivity contribution >= 4 is 16.9 Å². The third kappa shape index (κ3) is 4.14. The minimum atomic E-state index is -2.84. The Kier molecular flexibility index (Phi) is 5.40. The van der Waals surface area contributed by atoms with Gasteiger partial charge in [-0.25, -0.2) is 4.68 Å². The highest BCUT2D eigenvalue weighted by Crippen LogP contribution is 2.15. The minimum Gasteiger partial charge on any atom is -0.435 e. The highest BCUT2D eigenvalue weighted by Gasteiger charge is 2.09. The normalized spacial score (nSPS) is 11.1. The molecule has 2 aromatic carbocycles. The molecule has 0 saturated carbocycles. The molecular weight excluding hydrogens is 342 g/mol. The lowest BCUT2D eigenvalue weighted by atomic mass is 10.1. The summed E-state index contributed by atoms with van der Waals surface area (Å²) in [6.45, 7) is 0.272. The molecular formula is C18H18F2N4O2. The number of carbonyl (C=O) groups excluding carboxylic acids is 1. The van der Waals surface area contributed by atoms with Crippen molar-refractivity contribution in [2.75, 3.05) is 6.54 Å². The monoisotopic (exact) mass is 360 g/mol. The summed E-state index contributed by atoms with van der Waals surface area (Å²) in [7, 11) is 0. The SMILES string of the molecule is CCn1nnc2cc(C(=O)NCCc3ccc(OC(F)F)cc3)ccc21. The fraction of sp³-hybridized carbons (Fsp3) is 0.278. The van der Waals surface area contributed by atoms with Gasteiger partial charge in [-0.3, -0.25) is 4.79 Å². The third-order valence-electron chi connectivity index (χ3n) is 3.92. The largest absolute Gasteiger partial charge is 0.435 e. The molecule has 0 aliphatic carbocycles. The number of hydrogen-bond acceptors (Lipinski definition) is 4. The molecule has 1 aromatic heterocycles. The Balaban J connectivity index is 1.55. The van der Waals surface area contributed by atoms with Gasteiger partial charge in [-0.1, -0.05) is 17.3 Å². The maximum atomic E-state index is 12.3. The van der Waals surface area contributed by atoms with Crippen LogP contribution in [-0.2, 0) is 13.0 Å². The van der Waals surface area contributed by atoms with Gasteiger partial charge in [0.2, 0.25) is 0 Å². The second-order valence-corrected chi connectivity index (χ2v) is 5.64. The maximum absolute atomic E-state index is 12.3. The van der Waals surface area contributed by atoms with Crippen molar-refractivity contribution in [2.45, 2.75) is 26.5 Å². The minimum absolute atomic E-state index is 0.112. The smallest absolute Gasteiger partial charge is 0.387 e. The highest BCUT2D eigenvalue weighted by molar-refractivity contribution is 5.97. The van der Waals surface area contributed by atoms with Crippen LogP contribution in [0.25, 0.3) is 11.0 Å². The predicted molar refractivity (Wildman–Crippen MR) is 92.3 cm³/mol. The van der Waals surface area contributed by atoms with Gasteiger partial charge in [0, 0.05) is 18.7 Å². The zero-order valence-electron chi connectivity index (χ0n) is 14.2. The molecule has 0 saturated heterocycles. The van der Waals surface area contributed by atoms with E-state index >= 15 is 0 Å². The van der Waals surface area contributed by atoms with Crippen LogP contribution in [0.5, 0.6) is 5.75 Å². The van der Waals surface area contributed by atoms with E-state index in [0.717, 1.165) is 11.1 Å². The second kappa shape index (κ2) is 7.90. The number of nitrogens with one attached hydrogen (secondary N) is 1. The summed E-state index contributed by atoms with van der Waals surface area (Å²) in [6, 6.07) is 11.6. The average Bonchev–Trinajstić information content (AvgIpc) is 3.05. The molecule has 8 heteroatoms. The number of aryl methyl sites for hydroxylation is 1. The lowest BCUT2D eigenvalue weighted by Gasteiger charge is -2.07. The summed E-state index contributed by atoms with van der Waals surface area (Å²) in [5.41, 5.74) is 2.99. The van der Waals surface area contributed by atoms with Crippen LogP contribution >= 0.6 is 0 Å². The quantitative estimate of drug-likeness (QED) is 0.703. The van der Waals surface area contributed by atoms with E-state index in [9.17, 15) is 13.6 Å². The maximum Gasteiger partial charge on any atom is 0.387 e. The topological polar surface area (TPSA) is 69.0 Å². The number of alkyl halides is 2. The lowest BCUT2D eigenvalue weighted by Crippen LogP contribution is -2.25. The van der Waals surface area contributed by atoms with Crippen molar-refractivity contribution in [2.24, 2.45) is 0 Å². The van der Waals surface area contributed by atoms with Crippen LogP contribution in [-0.4, -0.2) is 34.1 Å². The van der Waals surface area contributed by atoms with Crippen LogP contribution < -0.4 is 10.1 Å². The molecule has 0 atom stereocenters. The fourth-order valence-corrected chi connectivity index (χ4v) is 2.61. The summed E-state index contributed by atoms with van der Waals surface area (Å²) in [4.78, 5) is 12.3. The van der Waals surface area contributed by atoms with Gasteiger partial charge >= 0.3 is 6.61 Å². The van der Waals surface area contributed by atoms with Crippen molar-refractivity contribution in [3.05, 3.63) is 53.6 Å². The fourth-order valence-electron chi connectivity index (χ4n) is 2.61. The number of amides is 1. The molecule has 1 N–H and O–H groups in total. The van der Waals surface area contributed by atoms with E-state index in [4.69, 9.17) is 0 Å². The Labute approximate surface area is 148 Å². The number of rotatable bonds is 7. The van der Waals surface area contributed by atoms with Crippen molar-refractivity contribution < 1.29 is 18.3 Å². The van der Waals surface area contributed by atoms with Gasteiger partial charge in [-0.2, -0.15) is 8.78 Å². The summed E-state index contributed by atoms with van der Waals surface area (Å²) < 4.78 is 30.3. The number of fused-ring (bicyclic) bond motifs is 1. The van der Waals surface area contributed by atoms with Crippen LogP contribution in [0.3, 0.4) is 0 Å². The average molecular weight is 360 g/mol. The van der Waals surface area contributed by atoms with E-state index in [1.54, 1.807) is 28.9 Å². The number of nitrogens with zero attached hydrogens (tertiary/aromatic N) is 3. The second-order valence-electron chi connectivity index (χ2n) is 5.64. The number of halogens is 2. The van der Waals surface area contributed by atoms with E-state index in [-0.39, 0.29) is 11.7 Å². The molecule has 1 heterocycles. The zero-order chi connectivity index (χ0) is 18.5. The number of aromatic nitrogens is 3. The molecule has 6 nitrogen and oxygen atoms in total. The van der Waals surface area contributed by atoms with Crippen LogP contribution in [0.15, 0.2) is 42.5 Å². The first-order chi connectivity index (χ1) is 12.6. The molecule has 26 heavy (non-hydrogen) atoms. The van der Waals surface area contributed by atoms with Gasteiger partial charge in [0.1, 0.15) is 11.3 Å². The van der Waals surface area contributed by atoms with E-state index < -0.39 is 6.61 Å². The Hall–Kier alpha value is -3.03. The van der Waals surface area contributed by atoms with E-state index in [2.05, 4.69) is 20.4 Å². The Morgan fingerprint density at radius 3 is 2.69 bits per heavy atom. The first kappa shape index (κ1) is 17.8. The molecule has 136 valence electrons. The Bertz CT molecular complexity index is 894. The van der Waals surface area contributed by atoms with Gasteiger partial charge in [0.05, 0.1) is 5.52 Å². The number of hydrogen-bond donors (Lipinski definition) is 1. The molecule has 0 spiro atoms. The highest BCUT2D eigenvalue weighted by atomic mass is 19.3. The first-order valence-corrected chi connectivity index (χ1v) is 8.22. The molecule has 1 amide bonds. The predicted octanol–water partition coefficient (Wildman–Crippen LogP) is 3.03. The Morgan fingerprint density at radius 2 is 2.00 bits per heavy atom. The van der Waals surface area contributed by atoms with Gasteiger partial charge in [-0.15, -0.1) is 5.10 Å². The zero-order valence-corrected chi connectivity index (χ0v) is 14.2. The number of ether oxygens (including phenoxy) is 1. The van der Waals surface area contributed by atoms with Gasteiger partial charge < -0.3 is 10.1 Å². The van der Waals surface area contributed by atoms with Crippen LogP contribution in [0.2, 0.25) is 0 Å². The summed E-state index contributed by atoms with van der Waals surface area (Å²) >= 11 is 0. The van der Waals surface area contributed by atoms with Crippen LogP contribution in [0, 0.1) is 0 Å². The molecule has 3 rings (SSSR count). The standard InChI is InChI=1S/C18H18F2N4O2/c1-2-24-16-8-5-13(11-15(16)22-23-24)17(25)21-10-9-12-3-6-14(7-4-12)26-18(19)20/h3-8,11,18H,2,9-10H2,1H3,(H,21,25). The van der Waals surface area contributed by atoms with Crippen molar-refractivity contribution in [3.8, 4) is 5.75 Å².